The van der Waals surface area contributed by atoms with Crippen molar-refractivity contribution in [3.8, 4) is 11.5 Å². The monoisotopic (exact) mass is 391 g/mol. The Hall–Kier alpha value is -3.87. The Morgan fingerprint density at radius 3 is 2.21 bits per heavy atom. The average Bonchev–Trinajstić information content (AvgIpc) is 2.78. The van der Waals surface area contributed by atoms with Gasteiger partial charge >= 0.3 is 0 Å². The molecule has 7 heteroatoms. The first-order chi connectivity index (χ1) is 14.1. The summed E-state index contributed by atoms with van der Waals surface area (Å²) >= 11 is 0. The van der Waals surface area contributed by atoms with Gasteiger partial charge in [0.05, 0.1) is 14.2 Å². The van der Waals surface area contributed by atoms with Gasteiger partial charge in [-0.3, -0.25) is 9.59 Å². The summed E-state index contributed by atoms with van der Waals surface area (Å²) in [6, 6.07) is 19.1. The number of hydrogen-bond donors (Lipinski definition) is 2. The number of methoxy groups -OCH3 is 2. The van der Waals surface area contributed by atoms with Crippen LogP contribution in [0.2, 0.25) is 0 Å². The second-order valence-corrected chi connectivity index (χ2v) is 6.09. The molecule has 148 valence electrons. The normalized spacial score (nSPS) is 10.1. The molecule has 0 spiro atoms. The summed E-state index contributed by atoms with van der Waals surface area (Å²) in [6.07, 6.45) is 0. The van der Waals surface area contributed by atoms with Gasteiger partial charge in [-0.1, -0.05) is 24.3 Å². The zero-order valence-corrected chi connectivity index (χ0v) is 16.1. The number of nitrogens with one attached hydrogen (secondary N) is 2. The first-order valence-electron chi connectivity index (χ1n) is 8.93. The number of para-hydroxylation sites is 1. The van der Waals surface area contributed by atoms with E-state index in [0.717, 1.165) is 5.56 Å². The van der Waals surface area contributed by atoms with E-state index in [-0.39, 0.29) is 23.8 Å². The molecule has 0 atom stereocenters. The SMILES string of the molecule is COc1ccc(NC(=O)c2cccc(C(=O)NCc3ccccc3OC)n2)cc1. The highest BCUT2D eigenvalue weighted by Gasteiger charge is 2.13. The molecule has 0 unspecified atom stereocenters. The fourth-order valence-corrected chi connectivity index (χ4v) is 2.67. The third kappa shape index (κ3) is 5.10. The van der Waals surface area contributed by atoms with E-state index in [0.29, 0.717) is 17.2 Å². The fraction of sp³-hybridized carbons (Fsp3) is 0.136. The van der Waals surface area contributed by atoms with Gasteiger partial charge in [0.25, 0.3) is 11.8 Å². The highest BCUT2D eigenvalue weighted by molar-refractivity contribution is 6.03. The van der Waals surface area contributed by atoms with E-state index < -0.39 is 5.91 Å². The molecule has 0 fully saturated rings. The van der Waals surface area contributed by atoms with Gasteiger partial charge in [-0.2, -0.15) is 0 Å². The Balaban J connectivity index is 1.66. The van der Waals surface area contributed by atoms with Crippen LogP contribution in [0.15, 0.2) is 66.7 Å². The van der Waals surface area contributed by atoms with Gasteiger partial charge in [-0.15, -0.1) is 0 Å². The van der Waals surface area contributed by atoms with Crippen molar-refractivity contribution in [3.63, 3.8) is 0 Å². The summed E-state index contributed by atoms with van der Waals surface area (Å²) in [6.45, 7) is 0.285. The van der Waals surface area contributed by atoms with Crippen LogP contribution in [0.3, 0.4) is 0 Å². The number of carbonyl (C=O) groups excluding carboxylic acids is 2. The lowest BCUT2D eigenvalue weighted by Crippen LogP contribution is -2.25. The Morgan fingerprint density at radius 1 is 0.828 bits per heavy atom. The lowest BCUT2D eigenvalue weighted by Gasteiger charge is -2.10. The molecule has 2 aromatic carbocycles. The fourth-order valence-electron chi connectivity index (χ4n) is 2.67. The number of aromatic nitrogens is 1. The quantitative estimate of drug-likeness (QED) is 0.645. The highest BCUT2D eigenvalue weighted by atomic mass is 16.5. The Kier molecular flexibility index (Phi) is 6.42. The molecule has 3 rings (SSSR count). The van der Waals surface area contributed by atoms with E-state index in [1.165, 1.54) is 0 Å². The summed E-state index contributed by atoms with van der Waals surface area (Å²) in [5, 5.41) is 5.53. The molecule has 29 heavy (non-hydrogen) atoms. The molecule has 0 radical (unpaired) electrons. The second-order valence-electron chi connectivity index (χ2n) is 6.09. The van der Waals surface area contributed by atoms with Crippen LogP contribution in [0.4, 0.5) is 5.69 Å². The van der Waals surface area contributed by atoms with Gasteiger partial charge in [0.15, 0.2) is 0 Å². The van der Waals surface area contributed by atoms with Crippen molar-refractivity contribution < 1.29 is 19.1 Å². The number of nitrogens with zero attached hydrogens (tertiary/aromatic N) is 1. The number of benzene rings is 2. The Labute approximate surface area is 168 Å². The van der Waals surface area contributed by atoms with Crippen molar-refractivity contribution in [1.29, 1.82) is 0 Å². The number of ether oxygens (including phenoxy) is 2. The maximum absolute atomic E-state index is 12.5. The van der Waals surface area contributed by atoms with Gasteiger partial charge in [0, 0.05) is 17.8 Å². The minimum absolute atomic E-state index is 0.144. The minimum Gasteiger partial charge on any atom is -0.497 e. The standard InChI is InChI=1S/C22H21N3O4/c1-28-17-12-10-16(11-13-17)24-22(27)19-8-5-7-18(25-19)21(26)23-14-15-6-3-4-9-20(15)29-2/h3-13H,14H2,1-2H3,(H,23,26)(H,24,27). The van der Waals surface area contributed by atoms with E-state index in [9.17, 15) is 9.59 Å². The van der Waals surface area contributed by atoms with Crippen molar-refractivity contribution in [3.05, 3.63) is 83.7 Å². The Bertz CT molecular complexity index is 1000. The zero-order chi connectivity index (χ0) is 20.6. The maximum Gasteiger partial charge on any atom is 0.274 e. The number of pyridine rings is 1. The minimum atomic E-state index is -0.408. The van der Waals surface area contributed by atoms with Gasteiger partial charge in [-0.05, 0) is 42.5 Å². The number of amides is 2. The largest absolute Gasteiger partial charge is 0.497 e. The van der Waals surface area contributed by atoms with E-state index in [1.54, 1.807) is 56.7 Å². The average molecular weight is 391 g/mol. The molecule has 7 nitrogen and oxygen atoms in total. The smallest absolute Gasteiger partial charge is 0.274 e. The molecule has 3 aromatic rings. The van der Waals surface area contributed by atoms with Crippen molar-refractivity contribution in [2.75, 3.05) is 19.5 Å². The molecule has 0 aliphatic heterocycles. The number of anilines is 1. The van der Waals surface area contributed by atoms with Crippen LogP contribution in [0.1, 0.15) is 26.5 Å². The maximum atomic E-state index is 12.5. The number of rotatable bonds is 7. The molecular weight excluding hydrogens is 370 g/mol. The lowest BCUT2D eigenvalue weighted by atomic mass is 10.2. The number of hydrogen-bond acceptors (Lipinski definition) is 5. The van der Waals surface area contributed by atoms with Crippen molar-refractivity contribution in [2.45, 2.75) is 6.54 Å². The van der Waals surface area contributed by atoms with Gasteiger partial charge in [-0.25, -0.2) is 4.98 Å². The molecule has 0 saturated heterocycles. The van der Waals surface area contributed by atoms with Crippen LogP contribution in [-0.4, -0.2) is 31.0 Å². The summed E-state index contributed by atoms with van der Waals surface area (Å²) < 4.78 is 10.4. The molecular formula is C22H21N3O4. The van der Waals surface area contributed by atoms with E-state index >= 15 is 0 Å². The van der Waals surface area contributed by atoms with Crippen molar-refractivity contribution in [1.82, 2.24) is 10.3 Å². The third-order valence-electron chi connectivity index (χ3n) is 4.19. The molecule has 0 saturated carbocycles. The lowest BCUT2D eigenvalue weighted by molar-refractivity contribution is 0.0945. The molecule has 0 aliphatic rings. The van der Waals surface area contributed by atoms with Crippen LogP contribution in [0, 0.1) is 0 Å². The van der Waals surface area contributed by atoms with Crippen LogP contribution in [-0.2, 0) is 6.54 Å². The zero-order valence-electron chi connectivity index (χ0n) is 16.1. The summed E-state index contributed by atoms with van der Waals surface area (Å²) in [5.74, 6) is 0.591. The van der Waals surface area contributed by atoms with Crippen molar-refractivity contribution in [2.24, 2.45) is 0 Å². The summed E-state index contributed by atoms with van der Waals surface area (Å²) in [7, 11) is 3.15. The van der Waals surface area contributed by atoms with E-state index in [2.05, 4.69) is 15.6 Å². The topological polar surface area (TPSA) is 89.5 Å². The van der Waals surface area contributed by atoms with Gasteiger partial charge in [0.1, 0.15) is 22.9 Å². The van der Waals surface area contributed by atoms with Crippen LogP contribution < -0.4 is 20.1 Å². The molecule has 1 heterocycles. The predicted molar refractivity (Wildman–Crippen MR) is 109 cm³/mol. The summed E-state index contributed by atoms with van der Waals surface area (Å²) in [5.41, 5.74) is 1.74. The summed E-state index contributed by atoms with van der Waals surface area (Å²) in [4.78, 5) is 29.1. The predicted octanol–water partition coefficient (Wildman–Crippen LogP) is 3.28. The highest BCUT2D eigenvalue weighted by Crippen LogP contribution is 2.17. The second kappa shape index (κ2) is 9.36. The molecule has 2 amide bonds. The van der Waals surface area contributed by atoms with Gasteiger partial charge < -0.3 is 20.1 Å². The molecule has 0 aliphatic carbocycles. The van der Waals surface area contributed by atoms with E-state index in [4.69, 9.17) is 9.47 Å². The van der Waals surface area contributed by atoms with Crippen molar-refractivity contribution >= 4 is 17.5 Å². The van der Waals surface area contributed by atoms with Crippen LogP contribution in [0.5, 0.6) is 11.5 Å². The molecule has 1 aromatic heterocycles. The first kappa shape index (κ1) is 19.9. The van der Waals surface area contributed by atoms with Crippen LogP contribution in [0.25, 0.3) is 0 Å². The molecule has 0 bridgehead atoms. The number of carbonyl (C=O) groups is 2. The Morgan fingerprint density at radius 2 is 1.52 bits per heavy atom. The first-order valence-corrected chi connectivity index (χ1v) is 8.93. The third-order valence-corrected chi connectivity index (χ3v) is 4.19. The molecule has 2 N–H and O–H groups in total. The van der Waals surface area contributed by atoms with Crippen LogP contribution >= 0.6 is 0 Å². The van der Waals surface area contributed by atoms with E-state index in [1.807, 2.05) is 24.3 Å². The van der Waals surface area contributed by atoms with Gasteiger partial charge in [0.2, 0.25) is 0 Å².